The van der Waals surface area contributed by atoms with E-state index in [1.165, 1.54) is 19.2 Å². The van der Waals surface area contributed by atoms with E-state index in [9.17, 15) is 20.0 Å². The maximum absolute atomic E-state index is 11.0. The number of aliphatic hydroxyl groups excluding tert-OH is 1. The van der Waals surface area contributed by atoms with Gasteiger partial charge in [-0.2, -0.15) is 0 Å². The molecule has 0 amide bonds. The highest BCUT2D eigenvalue weighted by Gasteiger charge is 2.23. The number of aromatic carboxylic acids is 1. The lowest BCUT2D eigenvalue weighted by Gasteiger charge is -2.13. The van der Waals surface area contributed by atoms with Crippen molar-refractivity contribution >= 4 is 11.7 Å². The van der Waals surface area contributed by atoms with Crippen molar-refractivity contribution in [2.24, 2.45) is 0 Å². The van der Waals surface area contributed by atoms with Gasteiger partial charge in [-0.3, -0.25) is 10.1 Å². The van der Waals surface area contributed by atoms with Gasteiger partial charge >= 0.3 is 11.7 Å². The Kier molecular flexibility index (Phi) is 5.22. The van der Waals surface area contributed by atoms with Gasteiger partial charge in [-0.15, -0.1) is 0 Å². The van der Waals surface area contributed by atoms with Crippen molar-refractivity contribution in [3.8, 4) is 5.75 Å². The van der Waals surface area contributed by atoms with Gasteiger partial charge in [0.25, 0.3) is 0 Å². The summed E-state index contributed by atoms with van der Waals surface area (Å²) >= 11 is 0. The average molecular weight is 271 g/mol. The molecule has 0 saturated carbocycles. The number of nitro groups is 1. The second-order valence-electron chi connectivity index (χ2n) is 3.64. The van der Waals surface area contributed by atoms with E-state index in [0.29, 0.717) is 0 Å². The largest absolute Gasteiger partial charge is 0.483 e. The number of ether oxygens (including phenoxy) is 2. The summed E-state index contributed by atoms with van der Waals surface area (Å²) in [6.45, 7) is -0.331. The van der Waals surface area contributed by atoms with E-state index >= 15 is 0 Å². The van der Waals surface area contributed by atoms with Gasteiger partial charge in [-0.1, -0.05) is 6.07 Å². The minimum Gasteiger partial charge on any atom is -0.483 e. The van der Waals surface area contributed by atoms with E-state index in [2.05, 4.69) is 4.74 Å². The van der Waals surface area contributed by atoms with Gasteiger partial charge in [0.1, 0.15) is 18.3 Å². The lowest BCUT2D eigenvalue weighted by molar-refractivity contribution is -0.386. The standard InChI is InChI=1S/C11H13NO7/c1-18-5-7(13)6-19-10-8(11(14)15)3-2-4-9(10)12(16)17/h2-4,7,13H,5-6H2,1H3,(H,14,15). The predicted molar refractivity (Wildman–Crippen MR) is 63.4 cm³/mol. The summed E-state index contributed by atoms with van der Waals surface area (Å²) in [5, 5.41) is 29.2. The maximum atomic E-state index is 11.0. The van der Waals surface area contributed by atoms with Crippen LogP contribution in [0.5, 0.6) is 5.75 Å². The predicted octanol–water partition coefficient (Wildman–Crippen LogP) is 0.679. The normalized spacial score (nSPS) is 11.9. The molecule has 1 unspecified atom stereocenters. The number of hydrogen-bond acceptors (Lipinski definition) is 6. The van der Waals surface area contributed by atoms with E-state index < -0.39 is 22.7 Å². The molecular formula is C11H13NO7. The van der Waals surface area contributed by atoms with Crippen molar-refractivity contribution in [3.05, 3.63) is 33.9 Å². The fourth-order valence-corrected chi connectivity index (χ4v) is 1.41. The Hall–Kier alpha value is -2.19. The molecule has 2 N–H and O–H groups in total. The van der Waals surface area contributed by atoms with E-state index in [-0.39, 0.29) is 24.5 Å². The summed E-state index contributed by atoms with van der Waals surface area (Å²) in [6.07, 6.45) is -1.01. The van der Waals surface area contributed by atoms with E-state index in [1.54, 1.807) is 0 Å². The van der Waals surface area contributed by atoms with Crippen LogP contribution >= 0.6 is 0 Å². The van der Waals surface area contributed by atoms with Gasteiger partial charge in [-0.05, 0) is 6.07 Å². The minimum absolute atomic E-state index is 0.0248. The third kappa shape index (κ3) is 3.90. The fraction of sp³-hybridized carbons (Fsp3) is 0.364. The van der Waals surface area contributed by atoms with Crippen molar-refractivity contribution in [3.63, 3.8) is 0 Å². The van der Waals surface area contributed by atoms with Gasteiger partial charge in [0.2, 0.25) is 5.75 Å². The zero-order valence-electron chi connectivity index (χ0n) is 10.1. The molecule has 1 aromatic carbocycles. The zero-order chi connectivity index (χ0) is 14.4. The average Bonchev–Trinajstić information content (AvgIpc) is 2.35. The highest BCUT2D eigenvalue weighted by atomic mass is 16.6. The highest BCUT2D eigenvalue weighted by molar-refractivity contribution is 5.92. The van der Waals surface area contributed by atoms with E-state index in [1.807, 2.05) is 0 Å². The summed E-state index contributed by atoms with van der Waals surface area (Å²) in [7, 11) is 1.37. The third-order valence-electron chi connectivity index (χ3n) is 2.20. The van der Waals surface area contributed by atoms with Crippen molar-refractivity contribution in [2.45, 2.75) is 6.10 Å². The molecule has 0 aromatic heterocycles. The molecule has 0 aliphatic heterocycles. The zero-order valence-corrected chi connectivity index (χ0v) is 10.1. The first-order valence-corrected chi connectivity index (χ1v) is 5.27. The molecule has 1 rings (SSSR count). The number of hydrogen-bond donors (Lipinski definition) is 2. The number of aliphatic hydroxyl groups is 1. The summed E-state index contributed by atoms with van der Waals surface area (Å²) in [5.74, 6) is -1.73. The van der Waals surface area contributed by atoms with Crippen LogP contribution in [-0.4, -0.2) is 47.5 Å². The molecule has 104 valence electrons. The second-order valence-corrected chi connectivity index (χ2v) is 3.64. The number of nitro benzene ring substituents is 1. The smallest absolute Gasteiger partial charge is 0.339 e. The number of nitrogens with zero attached hydrogens (tertiary/aromatic N) is 1. The molecule has 0 fully saturated rings. The van der Waals surface area contributed by atoms with E-state index in [0.717, 1.165) is 6.07 Å². The lowest BCUT2D eigenvalue weighted by Crippen LogP contribution is -2.23. The molecule has 0 aliphatic rings. The fourth-order valence-electron chi connectivity index (χ4n) is 1.41. The number of carbonyl (C=O) groups is 1. The first-order valence-electron chi connectivity index (χ1n) is 5.27. The number of methoxy groups -OCH3 is 1. The topological polar surface area (TPSA) is 119 Å². The summed E-state index contributed by atoms with van der Waals surface area (Å²) in [5.41, 5.74) is -0.802. The van der Waals surface area contributed by atoms with E-state index in [4.69, 9.17) is 9.84 Å². The number of para-hydroxylation sites is 1. The molecule has 0 aliphatic carbocycles. The van der Waals surface area contributed by atoms with Crippen LogP contribution in [0.15, 0.2) is 18.2 Å². The molecule has 0 radical (unpaired) electrons. The molecule has 8 heteroatoms. The van der Waals surface area contributed by atoms with Crippen LogP contribution in [0.3, 0.4) is 0 Å². The van der Waals surface area contributed by atoms with Crippen LogP contribution in [0, 0.1) is 10.1 Å². The van der Waals surface area contributed by atoms with Crippen LogP contribution in [0.1, 0.15) is 10.4 Å². The Morgan fingerprint density at radius 3 is 2.68 bits per heavy atom. The van der Waals surface area contributed by atoms with Gasteiger partial charge < -0.3 is 19.7 Å². The Balaban J connectivity index is 3.01. The van der Waals surface area contributed by atoms with Gasteiger partial charge in [0.05, 0.1) is 11.5 Å². The van der Waals surface area contributed by atoms with Crippen LogP contribution < -0.4 is 4.74 Å². The summed E-state index contributed by atoms with van der Waals surface area (Å²) < 4.78 is 9.72. The number of benzene rings is 1. The number of carboxylic acids is 1. The lowest BCUT2D eigenvalue weighted by atomic mass is 10.1. The first kappa shape index (κ1) is 14.9. The van der Waals surface area contributed by atoms with Gasteiger partial charge in [-0.25, -0.2) is 4.79 Å². The van der Waals surface area contributed by atoms with Crippen molar-refractivity contribution < 1.29 is 29.4 Å². The molecule has 8 nitrogen and oxygen atoms in total. The number of rotatable bonds is 7. The summed E-state index contributed by atoms with van der Waals surface area (Å²) in [6, 6.07) is 3.57. The molecule has 0 spiro atoms. The second kappa shape index (κ2) is 6.66. The van der Waals surface area contributed by atoms with Crippen LogP contribution in [0.2, 0.25) is 0 Å². The molecule has 0 bridgehead atoms. The van der Waals surface area contributed by atoms with Crippen molar-refractivity contribution in [1.29, 1.82) is 0 Å². The molecule has 0 saturated heterocycles. The quantitative estimate of drug-likeness (QED) is 0.552. The third-order valence-corrected chi connectivity index (χ3v) is 2.20. The Morgan fingerprint density at radius 1 is 1.47 bits per heavy atom. The molecular weight excluding hydrogens is 258 g/mol. The van der Waals surface area contributed by atoms with Crippen LogP contribution in [0.4, 0.5) is 5.69 Å². The van der Waals surface area contributed by atoms with Gasteiger partial charge in [0.15, 0.2) is 0 Å². The monoisotopic (exact) mass is 271 g/mol. The minimum atomic E-state index is -1.35. The summed E-state index contributed by atoms with van der Waals surface area (Å²) in [4.78, 5) is 21.0. The maximum Gasteiger partial charge on any atom is 0.339 e. The first-order chi connectivity index (χ1) is 8.97. The van der Waals surface area contributed by atoms with Gasteiger partial charge in [0, 0.05) is 13.2 Å². The van der Waals surface area contributed by atoms with Crippen molar-refractivity contribution in [2.75, 3.05) is 20.3 Å². The Morgan fingerprint density at radius 2 is 2.16 bits per heavy atom. The van der Waals surface area contributed by atoms with Crippen LogP contribution in [-0.2, 0) is 4.74 Å². The molecule has 0 heterocycles. The van der Waals surface area contributed by atoms with Crippen molar-refractivity contribution in [1.82, 2.24) is 0 Å². The molecule has 19 heavy (non-hydrogen) atoms. The highest BCUT2D eigenvalue weighted by Crippen LogP contribution is 2.31. The molecule has 1 atom stereocenters. The Labute approximate surface area is 108 Å². The number of carboxylic acid groups (broad SMARTS) is 1. The van der Waals surface area contributed by atoms with Crippen LogP contribution in [0.25, 0.3) is 0 Å². The Bertz CT molecular complexity index is 442. The SMILES string of the molecule is COCC(O)COc1c(C(=O)O)cccc1[N+](=O)[O-]. The molecule has 1 aromatic rings.